The number of hydrogen-bond acceptors (Lipinski definition) is 5. The van der Waals surface area contributed by atoms with Gasteiger partial charge in [-0.3, -0.25) is 13.9 Å². The summed E-state index contributed by atoms with van der Waals surface area (Å²) in [4.78, 5) is 26.3. The maximum absolute atomic E-state index is 12.7. The number of rotatable bonds is 4. The molecule has 0 saturated carbocycles. The second kappa shape index (κ2) is 7.40. The number of ether oxygens (including phenoxy) is 1. The highest BCUT2D eigenvalue weighted by Gasteiger charge is 2.34. The van der Waals surface area contributed by atoms with E-state index in [0.29, 0.717) is 30.1 Å². The number of carbonyl (C=O) groups is 2. The number of amides is 2. The standard InChI is InChI=1S/C20H21N3O5S/c1-29(26,27)23-13-18(28-17-6-3-2-5-16(17)23)20(25)21-14-8-10-15(11-9-14)22-12-4-7-19(22)24/h2-3,5-6,8-11,18H,4,7,12-13H2,1H3,(H,21,25)/t18-/m1/s1. The van der Waals surface area contributed by atoms with E-state index in [1.165, 1.54) is 4.31 Å². The third-order valence-corrected chi connectivity index (χ3v) is 6.09. The molecule has 0 spiro atoms. The number of sulfonamides is 1. The Morgan fingerprint density at radius 1 is 1.14 bits per heavy atom. The van der Waals surface area contributed by atoms with Crippen LogP contribution in [0.2, 0.25) is 0 Å². The van der Waals surface area contributed by atoms with Crippen LogP contribution in [0.15, 0.2) is 48.5 Å². The maximum atomic E-state index is 12.7. The van der Waals surface area contributed by atoms with Crippen LogP contribution < -0.4 is 19.3 Å². The van der Waals surface area contributed by atoms with Crippen molar-refractivity contribution in [2.24, 2.45) is 0 Å². The van der Waals surface area contributed by atoms with E-state index in [4.69, 9.17) is 4.74 Å². The van der Waals surface area contributed by atoms with Crippen LogP contribution in [0.3, 0.4) is 0 Å². The zero-order valence-corrected chi connectivity index (χ0v) is 16.7. The number of fused-ring (bicyclic) bond motifs is 1. The molecule has 0 unspecified atom stereocenters. The van der Waals surface area contributed by atoms with E-state index < -0.39 is 22.0 Å². The van der Waals surface area contributed by atoms with Gasteiger partial charge in [0.15, 0.2) is 6.10 Å². The first-order valence-corrected chi connectivity index (χ1v) is 11.1. The summed E-state index contributed by atoms with van der Waals surface area (Å²) < 4.78 is 31.3. The summed E-state index contributed by atoms with van der Waals surface area (Å²) in [6.45, 7) is 0.587. The first kappa shape index (κ1) is 19.3. The van der Waals surface area contributed by atoms with Crippen LogP contribution >= 0.6 is 0 Å². The molecule has 8 nitrogen and oxygen atoms in total. The average molecular weight is 415 g/mol. The van der Waals surface area contributed by atoms with Gasteiger partial charge in [-0.25, -0.2) is 8.42 Å². The lowest BCUT2D eigenvalue weighted by Gasteiger charge is -2.33. The number of carbonyl (C=O) groups excluding carboxylic acids is 2. The molecule has 2 aromatic rings. The predicted molar refractivity (Wildman–Crippen MR) is 110 cm³/mol. The third-order valence-electron chi connectivity index (χ3n) is 4.95. The molecule has 1 N–H and O–H groups in total. The minimum atomic E-state index is -3.56. The lowest BCUT2D eigenvalue weighted by Crippen LogP contribution is -2.48. The lowest BCUT2D eigenvalue weighted by atomic mass is 10.2. The van der Waals surface area contributed by atoms with Crippen LogP contribution in [-0.4, -0.2) is 45.7 Å². The number of para-hydroxylation sites is 2. The van der Waals surface area contributed by atoms with Crippen molar-refractivity contribution in [3.05, 3.63) is 48.5 Å². The van der Waals surface area contributed by atoms with Gasteiger partial charge in [0.1, 0.15) is 5.75 Å². The number of nitrogens with one attached hydrogen (secondary N) is 1. The van der Waals surface area contributed by atoms with Crippen LogP contribution in [-0.2, 0) is 19.6 Å². The van der Waals surface area contributed by atoms with E-state index in [9.17, 15) is 18.0 Å². The number of anilines is 3. The summed E-state index contributed by atoms with van der Waals surface area (Å²) >= 11 is 0. The van der Waals surface area contributed by atoms with Crippen molar-refractivity contribution in [2.45, 2.75) is 18.9 Å². The minimum absolute atomic E-state index is 0.0944. The second-order valence-electron chi connectivity index (χ2n) is 7.05. The topological polar surface area (TPSA) is 96.0 Å². The van der Waals surface area contributed by atoms with Crippen LogP contribution in [0.25, 0.3) is 0 Å². The molecule has 152 valence electrons. The molecule has 2 aliphatic heterocycles. The molecule has 4 rings (SSSR count). The van der Waals surface area contributed by atoms with Gasteiger partial charge in [-0.1, -0.05) is 12.1 Å². The van der Waals surface area contributed by atoms with Gasteiger partial charge < -0.3 is 15.0 Å². The van der Waals surface area contributed by atoms with Gasteiger partial charge in [0, 0.05) is 24.3 Å². The van der Waals surface area contributed by atoms with Crippen molar-refractivity contribution >= 4 is 38.9 Å². The zero-order valence-electron chi connectivity index (χ0n) is 15.9. The van der Waals surface area contributed by atoms with Crippen LogP contribution in [0.1, 0.15) is 12.8 Å². The summed E-state index contributed by atoms with van der Waals surface area (Å²) in [6.07, 6.45) is 1.51. The Kier molecular flexibility index (Phi) is 4.91. The molecule has 0 radical (unpaired) electrons. The molecule has 0 aromatic heterocycles. The van der Waals surface area contributed by atoms with Gasteiger partial charge in [0.05, 0.1) is 18.5 Å². The minimum Gasteiger partial charge on any atom is -0.476 e. The van der Waals surface area contributed by atoms with E-state index in [-0.39, 0.29) is 12.5 Å². The fourth-order valence-electron chi connectivity index (χ4n) is 3.52. The van der Waals surface area contributed by atoms with E-state index in [1.807, 2.05) is 0 Å². The van der Waals surface area contributed by atoms with Crippen molar-refractivity contribution in [3.63, 3.8) is 0 Å². The first-order valence-electron chi connectivity index (χ1n) is 9.27. The maximum Gasteiger partial charge on any atom is 0.267 e. The number of benzene rings is 2. The SMILES string of the molecule is CS(=O)(=O)N1C[C@H](C(=O)Nc2ccc(N3CCCC3=O)cc2)Oc2ccccc21. The average Bonchev–Trinajstić information content (AvgIpc) is 3.13. The van der Waals surface area contributed by atoms with Gasteiger partial charge in [0.25, 0.3) is 5.91 Å². The largest absolute Gasteiger partial charge is 0.476 e. The van der Waals surface area contributed by atoms with Gasteiger partial charge in [-0.15, -0.1) is 0 Å². The predicted octanol–water partition coefficient (Wildman–Crippen LogP) is 1.98. The van der Waals surface area contributed by atoms with Crippen molar-refractivity contribution < 1.29 is 22.7 Å². The highest BCUT2D eigenvalue weighted by Crippen LogP contribution is 2.34. The van der Waals surface area contributed by atoms with Crippen molar-refractivity contribution in [1.29, 1.82) is 0 Å². The Morgan fingerprint density at radius 2 is 1.86 bits per heavy atom. The van der Waals surface area contributed by atoms with Crippen molar-refractivity contribution in [1.82, 2.24) is 0 Å². The molecule has 1 atom stereocenters. The Hall–Kier alpha value is -3.07. The summed E-state index contributed by atoms with van der Waals surface area (Å²) in [6, 6.07) is 13.7. The van der Waals surface area contributed by atoms with Crippen molar-refractivity contribution in [2.75, 3.05) is 33.9 Å². The molecular formula is C20H21N3O5S. The quantitative estimate of drug-likeness (QED) is 0.824. The van der Waals surface area contributed by atoms with Crippen LogP contribution in [0, 0.1) is 0 Å². The van der Waals surface area contributed by atoms with Gasteiger partial charge in [-0.05, 0) is 42.8 Å². The first-order chi connectivity index (χ1) is 13.8. The van der Waals surface area contributed by atoms with Gasteiger partial charge >= 0.3 is 0 Å². The summed E-state index contributed by atoms with van der Waals surface area (Å²) in [5.41, 5.74) is 1.74. The molecule has 1 fully saturated rings. The number of nitrogens with zero attached hydrogens (tertiary/aromatic N) is 2. The monoisotopic (exact) mass is 415 g/mol. The fraction of sp³-hybridized carbons (Fsp3) is 0.300. The van der Waals surface area contributed by atoms with E-state index in [1.54, 1.807) is 53.4 Å². The second-order valence-corrected chi connectivity index (χ2v) is 8.96. The van der Waals surface area contributed by atoms with Crippen molar-refractivity contribution in [3.8, 4) is 5.75 Å². The Morgan fingerprint density at radius 3 is 2.52 bits per heavy atom. The Bertz CT molecular complexity index is 1050. The van der Waals surface area contributed by atoms with Gasteiger partial charge in [0.2, 0.25) is 15.9 Å². The fourth-order valence-corrected chi connectivity index (χ4v) is 4.44. The summed E-state index contributed by atoms with van der Waals surface area (Å²) in [5, 5.41) is 2.75. The third kappa shape index (κ3) is 3.91. The smallest absolute Gasteiger partial charge is 0.267 e. The molecule has 2 aromatic carbocycles. The van der Waals surface area contributed by atoms with Crippen LogP contribution in [0.5, 0.6) is 5.75 Å². The molecule has 2 heterocycles. The molecule has 1 saturated heterocycles. The normalized spacial score (nSPS) is 18.9. The molecule has 29 heavy (non-hydrogen) atoms. The highest BCUT2D eigenvalue weighted by molar-refractivity contribution is 7.92. The van der Waals surface area contributed by atoms with Gasteiger partial charge in [-0.2, -0.15) is 0 Å². The molecule has 2 amide bonds. The Labute approximate surface area is 169 Å². The van der Waals surface area contributed by atoms with E-state index >= 15 is 0 Å². The molecule has 0 aliphatic carbocycles. The molecular weight excluding hydrogens is 394 g/mol. The molecule has 0 bridgehead atoms. The molecule has 9 heteroatoms. The zero-order chi connectivity index (χ0) is 20.6. The van der Waals surface area contributed by atoms with Crippen LogP contribution in [0.4, 0.5) is 17.1 Å². The summed E-state index contributed by atoms with van der Waals surface area (Å²) in [7, 11) is -3.56. The number of hydrogen-bond donors (Lipinski definition) is 1. The highest BCUT2D eigenvalue weighted by atomic mass is 32.2. The lowest BCUT2D eigenvalue weighted by molar-refractivity contribution is -0.122. The Balaban J connectivity index is 1.49. The van der Waals surface area contributed by atoms with E-state index in [2.05, 4.69) is 5.32 Å². The summed E-state index contributed by atoms with van der Waals surface area (Å²) in [5.74, 6) is -0.0118. The van der Waals surface area contributed by atoms with E-state index in [0.717, 1.165) is 18.4 Å². The molecule has 2 aliphatic rings.